The number of hydrogen-bond donors (Lipinski definition) is 3. The van der Waals surface area contributed by atoms with E-state index in [0.29, 0.717) is 0 Å². The lowest BCUT2D eigenvalue weighted by Gasteiger charge is -2.17. The van der Waals surface area contributed by atoms with Crippen LogP contribution in [0.3, 0.4) is 0 Å². The van der Waals surface area contributed by atoms with Gasteiger partial charge in [-0.25, -0.2) is 4.98 Å². The van der Waals surface area contributed by atoms with Gasteiger partial charge in [0.1, 0.15) is 6.04 Å². The number of nitrogens with one attached hydrogen (secondary N) is 1. The topological polar surface area (TPSA) is 98.5 Å². The fourth-order valence-electron chi connectivity index (χ4n) is 1.82. The molecule has 0 spiro atoms. The average molecular weight is 295 g/mol. The summed E-state index contributed by atoms with van der Waals surface area (Å²) in [7, 11) is 2.10. The molecule has 0 saturated heterocycles. The maximum atomic E-state index is 10.3. The summed E-state index contributed by atoms with van der Waals surface area (Å²) in [6, 6.07) is -0.851. The third kappa shape index (κ3) is 6.80. The number of aromatic nitrogens is 2. The van der Waals surface area contributed by atoms with E-state index in [4.69, 9.17) is 10.8 Å². The zero-order valence-corrected chi connectivity index (χ0v) is 12.7. The minimum Gasteiger partial charge on any atom is -0.480 e. The minimum absolute atomic E-state index is 0.287. The fourth-order valence-corrected chi connectivity index (χ4v) is 1.82. The van der Waals surface area contributed by atoms with Crippen LogP contribution in [0.25, 0.3) is 0 Å². The number of carboxylic acid groups (broad SMARTS) is 1. The smallest absolute Gasteiger partial charge is 0.320 e. The van der Waals surface area contributed by atoms with Gasteiger partial charge in [-0.1, -0.05) is 13.3 Å². The molecule has 1 aliphatic rings. The average Bonchev–Trinajstić information content (AvgIpc) is 3.09. The molecule has 7 nitrogen and oxygen atoms in total. The summed E-state index contributed by atoms with van der Waals surface area (Å²) in [5.74, 6) is -1.00. The molecule has 0 aromatic carbocycles. The van der Waals surface area contributed by atoms with Gasteiger partial charge < -0.3 is 25.6 Å². The molecule has 1 aromatic heterocycles. The van der Waals surface area contributed by atoms with Crippen molar-refractivity contribution < 1.29 is 9.90 Å². The van der Waals surface area contributed by atoms with Gasteiger partial charge in [-0.05, 0) is 6.42 Å². The van der Waals surface area contributed by atoms with E-state index in [9.17, 15) is 4.79 Å². The number of aliphatic carboxylic acids is 1. The highest BCUT2D eigenvalue weighted by Gasteiger charge is 2.12. The van der Waals surface area contributed by atoms with Gasteiger partial charge in [0.05, 0.1) is 13.0 Å². The summed E-state index contributed by atoms with van der Waals surface area (Å²) in [5, 5.41) is 8.42. The Kier molecular flexibility index (Phi) is 7.31. The summed E-state index contributed by atoms with van der Waals surface area (Å²) < 4.78 is 0. The van der Waals surface area contributed by atoms with E-state index in [2.05, 4.69) is 46.1 Å². The molecule has 1 aliphatic heterocycles. The predicted octanol–water partition coefficient (Wildman–Crippen LogP) is 0.827. The first-order valence-electron chi connectivity index (χ1n) is 7.11. The van der Waals surface area contributed by atoms with Crippen LogP contribution >= 0.6 is 0 Å². The molecule has 4 N–H and O–H groups in total. The molecular formula is C14H25N5O2. The van der Waals surface area contributed by atoms with Crippen molar-refractivity contribution in [2.45, 2.75) is 32.2 Å². The van der Waals surface area contributed by atoms with Crippen LogP contribution in [0.2, 0.25) is 0 Å². The number of imidazole rings is 1. The fraction of sp³-hybridized carbons (Fsp3) is 0.571. The molecule has 0 radical (unpaired) electrons. The molecule has 0 saturated carbocycles. The number of unbranched alkanes of at least 4 members (excludes halogenated alkanes) is 1. The van der Waals surface area contributed by atoms with Crippen LogP contribution in [0.15, 0.2) is 24.9 Å². The van der Waals surface area contributed by atoms with Crippen LogP contribution in [0.4, 0.5) is 0 Å². The molecule has 0 aliphatic carbocycles. The van der Waals surface area contributed by atoms with Crippen molar-refractivity contribution >= 4 is 5.97 Å². The summed E-state index contributed by atoms with van der Waals surface area (Å²) in [5.41, 5.74) is 6.00. The second-order valence-corrected chi connectivity index (χ2v) is 5.09. The second-order valence-electron chi connectivity index (χ2n) is 5.09. The van der Waals surface area contributed by atoms with Crippen LogP contribution in [-0.2, 0) is 11.2 Å². The molecule has 1 aromatic rings. The Hall–Kier alpha value is -2.02. The first-order chi connectivity index (χ1) is 10.0. The third-order valence-electron chi connectivity index (χ3n) is 3.05. The number of carboxylic acids is 1. The SMILES string of the molecule is CCCCN1C=CN(C)C1.N[C@@H](Cc1cnc[nH]1)C(=O)O. The number of nitrogens with two attached hydrogens (primary N) is 1. The lowest BCUT2D eigenvalue weighted by molar-refractivity contribution is -0.138. The summed E-state index contributed by atoms with van der Waals surface area (Å²) >= 11 is 0. The number of aromatic amines is 1. The molecule has 0 amide bonds. The first kappa shape index (κ1) is 17.0. The Balaban J connectivity index is 0.000000211. The molecular weight excluding hydrogens is 270 g/mol. The van der Waals surface area contributed by atoms with Crippen LogP contribution in [0.5, 0.6) is 0 Å². The molecule has 7 heteroatoms. The Morgan fingerprint density at radius 2 is 2.33 bits per heavy atom. The van der Waals surface area contributed by atoms with Gasteiger partial charge in [-0.2, -0.15) is 0 Å². The maximum Gasteiger partial charge on any atom is 0.320 e. The van der Waals surface area contributed by atoms with Crippen molar-refractivity contribution in [3.05, 3.63) is 30.6 Å². The Labute approximate surface area is 125 Å². The van der Waals surface area contributed by atoms with Crippen molar-refractivity contribution in [3.63, 3.8) is 0 Å². The van der Waals surface area contributed by atoms with E-state index < -0.39 is 12.0 Å². The van der Waals surface area contributed by atoms with E-state index in [-0.39, 0.29) is 6.42 Å². The number of rotatable bonds is 6. The van der Waals surface area contributed by atoms with Gasteiger partial charge in [0.2, 0.25) is 0 Å². The van der Waals surface area contributed by atoms with Crippen molar-refractivity contribution in [3.8, 4) is 0 Å². The Morgan fingerprint density at radius 3 is 2.81 bits per heavy atom. The van der Waals surface area contributed by atoms with E-state index >= 15 is 0 Å². The van der Waals surface area contributed by atoms with Crippen LogP contribution in [0.1, 0.15) is 25.5 Å². The Morgan fingerprint density at radius 1 is 1.57 bits per heavy atom. The number of H-pyrrole nitrogens is 1. The third-order valence-corrected chi connectivity index (χ3v) is 3.05. The van der Waals surface area contributed by atoms with E-state index in [0.717, 1.165) is 12.4 Å². The van der Waals surface area contributed by atoms with Crippen molar-refractivity contribution in [2.24, 2.45) is 5.73 Å². The van der Waals surface area contributed by atoms with E-state index in [1.165, 1.54) is 25.7 Å². The molecule has 21 heavy (non-hydrogen) atoms. The van der Waals surface area contributed by atoms with Gasteiger partial charge in [-0.3, -0.25) is 4.79 Å². The van der Waals surface area contributed by atoms with Crippen LogP contribution in [-0.4, -0.2) is 57.1 Å². The highest BCUT2D eigenvalue weighted by Crippen LogP contribution is 2.04. The molecule has 0 unspecified atom stereocenters. The zero-order chi connectivity index (χ0) is 15.7. The highest BCUT2D eigenvalue weighted by molar-refractivity contribution is 5.73. The van der Waals surface area contributed by atoms with Gasteiger partial charge in [0.25, 0.3) is 0 Å². The summed E-state index contributed by atoms with van der Waals surface area (Å²) in [6.07, 6.45) is 10.2. The van der Waals surface area contributed by atoms with Crippen LogP contribution < -0.4 is 5.73 Å². The molecule has 118 valence electrons. The molecule has 1 atom stereocenters. The Bertz CT molecular complexity index is 433. The minimum atomic E-state index is -1.00. The van der Waals surface area contributed by atoms with Gasteiger partial charge in [-0.15, -0.1) is 0 Å². The van der Waals surface area contributed by atoms with Crippen molar-refractivity contribution in [2.75, 3.05) is 20.3 Å². The monoisotopic (exact) mass is 295 g/mol. The molecule has 2 rings (SSSR count). The van der Waals surface area contributed by atoms with Gasteiger partial charge in [0.15, 0.2) is 0 Å². The van der Waals surface area contributed by atoms with E-state index in [1.54, 1.807) is 6.20 Å². The van der Waals surface area contributed by atoms with Gasteiger partial charge in [0, 0.05) is 44.3 Å². The normalized spacial score (nSPS) is 14.8. The number of nitrogens with zero attached hydrogens (tertiary/aromatic N) is 3. The summed E-state index contributed by atoms with van der Waals surface area (Å²) in [6.45, 7) is 4.50. The predicted molar refractivity (Wildman–Crippen MR) is 81.3 cm³/mol. The second kappa shape index (κ2) is 9.02. The molecule has 0 bridgehead atoms. The first-order valence-corrected chi connectivity index (χ1v) is 7.11. The quantitative estimate of drug-likeness (QED) is 0.719. The summed E-state index contributed by atoms with van der Waals surface area (Å²) in [4.78, 5) is 21.3. The standard InChI is InChI=1S/C8H16N2.C6H9N3O2/c1-3-4-5-10-7-6-9(2)8-10;7-5(6(10)11)1-4-2-8-3-9-4/h6-7H,3-5,8H2,1-2H3;2-3,5H,1,7H2,(H,8,9)(H,10,11)/t;5-/m.0/s1. The largest absolute Gasteiger partial charge is 0.480 e. The lowest BCUT2D eigenvalue weighted by Crippen LogP contribution is -2.32. The number of carbonyl (C=O) groups is 1. The zero-order valence-electron chi connectivity index (χ0n) is 12.7. The van der Waals surface area contributed by atoms with Crippen LogP contribution in [0, 0.1) is 0 Å². The lowest BCUT2D eigenvalue weighted by atomic mass is 10.2. The maximum absolute atomic E-state index is 10.3. The van der Waals surface area contributed by atoms with Crippen molar-refractivity contribution in [1.29, 1.82) is 0 Å². The molecule has 0 fully saturated rings. The van der Waals surface area contributed by atoms with Gasteiger partial charge >= 0.3 is 5.97 Å². The van der Waals surface area contributed by atoms with Crippen molar-refractivity contribution in [1.82, 2.24) is 19.8 Å². The number of hydrogen-bond acceptors (Lipinski definition) is 5. The van der Waals surface area contributed by atoms with E-state index in [1.807, 2.05) is 0 Å². The highest BCUT2D eigenvalue weighted by atomic mass is 16.4. The molecule has 2 heterocycles.